The minimum atomic E-state index is -0.444. The number of carbonyl (C=O) groups excluding carboxylic acids is 1. The van der Waals surface area contributed by atoms with Crippen LogP contribution in [0, 0.1) is 40.4 Å². The molecule has 0 amide bonds. The number of Topliss-reactive ketones (excluding diaryl/α,β-unsaturated/α-hetero) is 1. The first-order valence-corrected chi connectivity index (χ1v) is 11.6. The van der Waals surface area contributed by atoms with E-state index in [9.17, 15) is 9.90 Å². The molecule has 1 N–H and O–H groups in total. The second kappa shape index (κ2) is 6.06. The van der Waals surface area contributed by atoms with Crippen molar-refractivity contribution in [3.05, 3.63) is 0 Å². The largest absolute Gasteiger partial charge is 0.390 e. The summed E-state index contributed by atoms with van der Waals surface area (Å²) in [5, 5.41) is 11.1. The molecule has 3 heteroatoms. The van der Waals surface area contributed by atoms with Gasteiger partial charge in [0.05, 0.1) is 10.9 Å². The molecular formula is C22H35BrO2. The Balaban J connectivity index is 1.59. The Morgan fingerprint density at radius 1 is 0.960 bits per heavy atom. The van der Waals surface area contributed by atoms with Gasteiger partial charge in [0.25, 0.3) is 0 Å². The molecule has 2 nitrogen and oxygen atoms in total. The monoisotopic (exact) mass is 410 g/mol. The van der Waals surface area contributed by atoms with E-state index in [4.69, 9.17) is 0 Å². The van der Waals surface area contributed by atoms with Gasteiger partial charge in [-0.25, -0.2) is 0 Å². The highest BCUT2D eigenvalue weighted by Gasteiger charge is 2.61. The maximum atomic E-state index is 12.5. The topological polar surface area (TPSA) is 37.3 Å². The minimum Gasteiger partial charge on any atom is -0.390 e. The third-order valence-corrected chi connectivity index (χ3v) is 10.0. The molecule has 0 heterocycles. The van der Waals surface area contributed by atoms with E-state index in [1.165, 1.54) is 38.5 Å². The third-order valence-electron chi connectivity index (χ3n) is 9.47. The first-order valence-electron chi connectivity index (χ1n) is 10.5. The summed E-state index contributed by atoms with van der Waals surface area (Å²) in [5.41, 5.74) is 0.223. The van der Waals surface area contributed by atoms with Crippen LogP contribution >= 0.6 is 15.9 Å². The number of rotatable bonds is 2. The van der Waals surface area contributed by atoms with Crippen molar-refractivity contribution in [1.82, 2.24) is 0 Å². The maximum absolute atomic E-state index is 12.5. The SMILES string of the molecule is C[C@@]1(O)CC[C@@]2(C)[C@@H](CC[C@@H]3[C@@H]2CC[C@]2(C)[C@@H](C(=O)CBr)CC[C@@H]32)C1. The quantitative estimate of drug-likeness (QED) is 0.621. The van der Waals surface area contributed by atoms with Crippen LogP contribution in [0.15, 0.2) is 0 Å². The molecule has 0 radical (unpaired) electrons. The zero-order valence-electron chi connectivity index (χ0n) is 16.2. The zero-order valence-corrected chi connectivity index (χ0v) is 17.8. The normalized spacial score (nSPS) is 55.2. The van der Waals surface area contributed by atoms with Gasteiger partial charge < -0.3 is 5.11 Å². The van der Waals surface area contributed by atoms with Crippen molar-refractivity contribution >= 4 is 21.7 Å². The van der Waals surface area contributed by atoms with Gasteiger partial charge in [-0.3, -0.25) is 4.79 Å². The smallest absolute Gasteiger partial charge is 0.147 e. The highest BCUT2D eigenvalue weighted by atomic mass is 79.9. The average molecular weight is 411 g/mol. The zero-order chi connectivity index (χ0) is 18.0. The van der Waals surface area contributed by atoms with E-state index in [1.807, 2.05) is 6.92 Å². The van der Waals surface area contributed by atoms with Gasteiger partial charge >= 0.3 is 0 Å². The number of halogens is 1. The molecule has 0 aromatic heterocycles. The van der Waals surface area contributed by atoms with Crippen molar-refractivity contribution in [2.24, 2.45) is 40.4 Å². The van der Waals surface area contributed by atoms with Crippen LogP contribution in [-0.4, -0.2) is 21.8 Å². The van der Waals surface area contributed by atoms with E-state index in [1.54, 1.807) is 0 Å². The van der Waals surface area contributed by atoms with E-state index < -0.39 is 5.60 Å². The summed E-state index contributed by atoms with van der Waals surface area (Å²) in [6.07, 6.45) is 10.7. The Hall–Kier alpha value is 0.110. The number of carbonyl (C=O) groups is 1. The first-order chi connectivity index (χ1) is 11.7. The fourth-order valence-corrected chi connectivity index (χ4v) is 8.44. The molecule has 0 spiro atoms. The van der Waals surface area contributed by atoms with Crippen molar-refractivity contribution in [3.63, 3.8) is 0 Å². The molecule has 4 saturated carbocycles. The highest BCUT2D eigenvalue weighted by molar-refractivity contribution is 9.09. The Bertz CT molecular complexity index is 558. The van der Waals surface area contributed by atoms with Gasteiger partial charge in [-0.2, -0.15) is 0 Å². The molecule has 4 aliphatic carbocycles. The van der Waals surface area contributed by atoms with Gasteiger partial charge in [0, 0.05) is 5.92 Å². The summed E-state index contributed by atoms with van der Waals surface area (Å²) >= 11 is 3.43. The fraction of sp³-hybridized carbons (Fsp3) is 0.955. The molecule has 25 heavy (non-hydrogen) atoms. The van der Waals surface area contributed by atoms with Crippen molar-refractivity contribution < 1.29 is 9.90 Å². The second-order valence-corrected chi connectivity index (χ2v) is 11.2. The third kappa shape index (κ3) is 2.70. The van der Waals surface area contributed by atoms with Crippen LogP contribution in [0.4, 0.5) is 0 Å². The minimum absolute atomic E-state index is 0.245. The van der Waals surface area contributed by atoms with E-state index >= 15 is 0 Å². The second-order valence-electron chi connectivity index (χ2n) is 10.6. The van der Waals surface area contributed by atoms with Crippen molar-refractivity contribution in [2.75, 3.05) is 5.33 Å². The lowest BCUT2D eigenvalue weighted by molar-refractivity contribution is -0.150. The molecule has 0 aliphatic heterocycles. The predicted octanol–water partition coefficient (Wildman–Crippen LogP) is 5.36. The molecule has 4 aliphatic rings. The van der Waals surface area contributed by atoms with Gasteiger partial charge in [0.1, 0.15) is 5.78 Å². The molecule has 0 aromatic carbocycles. The van der Waals surface area contributed by atoms with Gasteiger partial charge in [0.2, 0.25) is 0 Å². The summed E-state index contributed by atoms with van der Waals surface area (Å²) in [7, 11) is 0. The molecule has 0 saturated heterocycles. The highest BCUT2D eigenvalue weighted by Crippen LogP contribution is 2.68. The molecule has 8 atom stereocenters. The first kappa shape index (κ1) is 18.5. The Morgan fingerprint density at radius 2 is 1.68 bits per heavy atom. The molecule has 4 rings (SSSR count). The summed E-state index contributed by atoms with van der Waals surface area (Å²) in [6, 6.07) is 0. The summed E-state index contributed by atoms with van der Waals surface area (Å²) in [5.74, 6) is 3.81. The van der Waals surface area contributed by atoms with Gasteiger partial charge in [-0.15, -0.1) is 0 Å². The van der Waals surface area contributed by atoms with E-state index in [0.717, 1.165) is 37.0 Å². The molecule has 142 valence electrons. The Morgan fingerprint density at radius 3 is 2.40 bits per heavy atom. The molecule has 4 fully saturated rings. The van der Waals surface area contributed by atoms with Crippen LogP contribution in [0.2, 0.25) is 0 Å². The summed E-state index contributed by atoms with van der Waals surface area (Å²) < 4.78 is 0. The number of aliphatic hydroxyl groups is 1. The molecule has 0 bridgehead atoms. The van der Waals surface area contributed by atoms with Gasteiger partial charge in [0.15, 0.2) is 0 Å². The van der Waals surface area contributed by atoms with Gasteiger partial charge in [-0.1, -0.05) is 29.8 Å². The molecule has 0 unspecified atom stereocenters. The van der Waals surface area contributed by atoms with Crippen molar-refractivity contribution in [3.8, 4) is 0 Å². The summed E-state index contributed by atoms with van der Waals surface area (Å²) in [4.78, 5) is 12.5. The number of hydrogen-bond acceptors (Lipinski definition) is 2. The average Bonchev–Trinajstić information content (AvgIpc) is 2.92. The predicted molar refractivity (Wildman–Crippen MR) is 105 cm³/mol. The van der Waals surface area contributed by atoms with E-state index in [-0.39, 0.29) is 11.3 Å². The fourth-order valence-electron chi connectivity index (χ4n) is 8.05. The molecule has 0 aromatic rings. The number of ketones is 1. The number of fused-ring (bicyclic) bond motifs is 5. The lowest BCUT2D eigenvalue weighted by atomic mass is 9.44. The van der Waals surface area contributed by atoms with Crippen LogP contribution in [-0.2, 0) is 4.79 Å². The van der Waals surface area contributed by atoms with Crippen LogP contribution in [0.3, 0.4) is 0 Å². The van der Waals surface area contributed by atoms with Crippen molar-refractivity contribution in [2.45, 2.75) is 84.2 Å². The lowest BCUT2D eigenvalue weighted by Gasteiger charge is -2.61. The standard InChI is InChI=1S/C22H35BrO2/c1-20(25)10-11-21(2)14(12-20)4-5-15-16-6-7-18(19(24)13-23)22(16,3)9-8-17(15)21/h14-18,25H,4-13H2,1-3H3/t14-,15-,16-,17-,18+,20+,21-,22-/m0/s1. The maximum Gasteiger partial charge on any atom is 0.147 e. The van der Waals surface area contributed by atoms with Crippen molar-refractivity contribution in [1.29, 1.82) is 0 Å². The number of hydrogen-bond donors (Lipinski definition) is 1. The van der Waals surface area contributed by atoms with Crippen LogP contribution < -0.4 is 0 Å². The van der Waals surface area contributed by atoms with Crippen LogP contribution in [0.5, 0.6) is 0 Å². The van der Waals surface area contributed by atoms with Gasteiger partial charge in [-0.05, 0) is 99.2 Å². The van der Waals surface area contributed by atoms with E-state index in [0.29, 0.717) is 22.4 Å². The lowest BCUT2D eigenvalue weighted by Crippen LogP contribution is -2.55. The molecular weight excluding hydrogens is 376 g/mol. The Kier molecular flexibility index (Phi) is 4.47. The van der Waals surface area contributed by atoms with E-state index in [2.05, 4.69) is 29.8 Å². The Labute approximate surface area is 161 Å². The number of alkyl halides is 1. The van der Waals surface area contributed by atoms with Crippen LogP contribution in [0.25, 0.3) is 0 Å². The van der Waals surface area contributed by atoms with Crippen LogP contribution in [0.1, 0.15) is 78.6 Å². The summed E-state index contributed by atoms with van der Waals surface area (Å²) in [6.45, 7) is 7.03.